The van der Waals surface area contributed by atoms with E-state index in [1.165, 1.54) is 44.5 Å². The van der Waals surface area contributed by atoms with Crippen LogP contribution in [-0.2, 0) is 4.74 Å². The maximum atomic E-state index is 5.98. The first-order valence-corrected chi connectivity index (χ1v) is 10.9. The van der Waals surface area contributed by atoms with E-state index >= 15 is 0 Å². The summed E-state index contributed by atoms with van der Waals surface area (Å²) < 4.78 is 5.98. The number of nitrogens with zero attached hydrogens (tertiary/aromatic N) is 1. The van der Waals surface area contributed by atoms with Gasteiger partial charge in [-0.2, -0.15) is 0 Å². The maximum Gasteiger partial charge on any atom is 0.217 e. The second-order valence-electron chi connectivity index (χ2n) is 7.88. The van der Waals surface area contributed by atoms with Gasteiger partial charge in [-0.15, -0.1) is 0 Å². The van der Waals surface area contributed by atoms with Crippen LogP contribution < -0.4 is 0 Å². The van der Waals surface area contributed by atoms with Gasteiger partial charge in [0.25, 0.3) is 0 Å². The van der Waals surface area contributed by atoms with Crippen LogP contribution in [0.4, 0.5) is 0 Å². The van der Waals surface area contributed by atoms with Crippen molar-refractivity contribution in [1.82, 2.24) is 0 Å². The highest BCUT2D eigenvalue weighted by molar-refractivity contribution is 5.98. The number of hydrogen-bond acceptors (Lipinski definition) is 2. The van der Waals surface area contributed by atoms with Crippen molar-refractivity contribution in [3.05, 3.63) is 93.5 Å². The van der Waals surface area contributed by atoms with E-state index in [9.17, 15) is 0 Å². The molecule has 0 radical (unpaired) electrons. The summed E-state index contributed by atoms with van der Waals surface area (Å²) >= 11 is 0. The summed E-state index contributed by atoms with van der Waals surface area (Å²) in [6, 6.07) is 19.7. The Kier molecular flexibility index (Phi) is 6.77. The van der Waals surface area contributed by atoms with Crippen LogP contribution in [-0.4, -0.2) is 12.5 Å². The number of benzene rings is 3. The van der Waals surface area contributed by atoms with Crippen molar-refractivity contribution in [3.63, 3.8) is 0 Å². The van der Waals surface area contributed by atoms with Crippen molar-refractivity contribution in [1.29, 1.82) is 0 Å². The second kappa shape index (κ2) is 9.30. The quantitative estimate of drug-likeness (QED) is 0.448. The number of hydrogen-bond donors (Lipinski definition) is 0. The molecule has 30 heavy (non-hydrogen) atoms. The van der Waals surface area contributed by atoms with E-state index < -0.39 is 0 Å². The van der Waals surface area contributed by atoms with Gasteiger partial charge in [-0.3, -0.25) is 0 Å². The molecule has 0 saturated carbocycles. The van der Waals surface area contributed by atoms with E-state index in [1.54, 1.807) is 0 Å². The standard InChI is InChI=1S/C26H27NO.C2H6/c1-16-7-6-8-17(2)25(16)26-27-24(15-28-26)22-11-9-21(10-12-22)23-13-18(3)20(5)19(4)14-23;1-2/h6-14,24H,15H2,1-5H3;1-2H3. The van der Waals surface area contributed by atoms with Crippen molar-refractivity contribution >= 4 is 5.90 Å². The zero-order valence-electron chi connectivity index (χ0n) is 19.3. The Hall–Kier alpha value is -2.87. The minimum absolute atomic E-state index is 0.0598. The molecule has 1 aliphatic heterocycles. The van der Waals surface area contributed by atoms with Crippen LogP contribution in [0.25, 0.3) is 11.1 Å². The zero-order chi connectivity index (χ0) is 21.8. The Bertz CT molecular complexity index is 1020. The molecule has 4 rings (SSSR count). The van der Waals surface area contributed by atoms with Gasteiger partial charge in [-0.1, -0.05) is 68.4 Å². The zero-order valence-corrected chi connectivity index (χ0v) is 19.3. The van der Waals surface area contributed by atoms with Crippen molar-refractivity contribution in [2.45, 2.75) is 54.5 Å². The van der Waals surface area contributed by atoms with E-state index in [4.69, 9.17) is 9.73 Å². The van der Waals surface area contributed by atoms with Gasteiger partial charge >= 0.3 is 0 Å². The molecule has 156 valence electrons. The molecular weight excluding hydrogens is 366 g/mol. The van der Waals surface area contributed by atoms with Gasteiger partial charge in [0, 0.05) is 5.56 Å². The van der Waals surface area contributed by atoms with E-state index in [2.05, 4.69) is 89.2 Å². The summed E-state index contributed by atoms with van der Waals surface area (Å²) in [4.78, 5) is 4.89. The summed E-state index contributed by atoms with van der Waals surface area (Å²) in [5.74, 6) is 0.773. The summed E-state index contributed by atoms with van der Waals surface area (Å²) in [7, 11) is 0. The first kappa shape index (κ1) is 21.8. The van der Waals surface area contributed by atoms with Crippen LogP contribution in [0, 0.1) is 34.6 Å². The van der Waals surface area contributed by atoms with Crippen LogP contribution in [0.1, 0.15) is 58.8 Å². The third-order valence-electron chi connectivity index (χ3n) is 5.90. The summed E-state index contributed by atoms with van der Waals surface area (Å²) in [6.07, 6.45) is 0. The van der Waals surface area contributed by atoms with Gasteiger partial charge in [0.2, 0.25) is 5.90 Å². The van der Waals surface area contributed by atoms with Crippen molar-refractivity contribution < 1.29 is 4.74 Å². The predicted octanol–water partition coefficient (Wildman–Crippen LogP) is 7.44. The van der Waals surface area contributed by atoms with Gasteiger partial charge in [-0.25, -0.2) is 4.99 Å². The molecular formula is C28H33NO. The molecule has 0 aliphatic carbocycles. The number of aliphatic imine (C=N–C) groups is 1. The third kappa shape index (κ3) is 4.33. The molecule has 0 bridgehead atoms. The maximum absolute atomic E-state index is 5.98. The summed E-state index contributed by atoms with van der Waals surface area (Å²) in [5.41, 5.74) is 11.3. The van der Waals surface area contributed by atoms with Gasteiger partial charge < -0.3 is 4.74 Å². The lowest BCUT2D eigenvalue weighted by Gasteiger charge is -2.11. The molecule has 2 heteroatoms. The number of ether oxygens (including phenoxy) is 1. The highest BCUT2D eigenvalue weighted by Crippen LogP contribution is 2.30. The normalized spacial score (nSPS) is 15.2. The topological polar surface area (TPSA) is 21.6 Å². The predicted molar refractivity (Wildman–Crippen MR) is 129 cm³/mol. The molecule has 0 aromatic heterocycles. The van der Waals surface area contributed by atoms with E-state index in [1.807, 2.05) is 13.8 Å². The highest BCUT2D eigenvalue weighted by atomic mass is 16.5. The van der Waals surface area contributed by atoms with Crippen molar-refractivity contribution in [2.24, 2.45) is 4.99 Å². The van der Waals surface area contributed by atoms with Gasteiger partial charge in [0.1, 0.15) is 12.6 Å². The molecule has 0 amide bonds. The minimum atomic E-state index is 0.0598. The van der Waals surface area contributed by atoms with Crippen LogP contribution in [0.5, 0.6) is 0 Å². The Morgan fingerprint density at radius 1 is 0.733 bits per heavy atom. The van der Waals surface area contributed by atoms with Crippen LogP contribution in [0.2, 0.25) is 0 Å². The van der Waals surface area contributed by atoms with Crippen molar-refractivity contribution in [3.8, 4) is 11.1 Å². The molecule has 2 nitrogen and oxygen atoms in total. The van der Waals surface area contributed by atoms with Crippen molar-refractivity contribution in [2.75, 3.05) is 6.61 Å². The van der Waals surface area contributed by atoms with Crippen LogP contribution >= 0.6 is 0 Å². The monoisotopic (exact) mass is 399 g/mol. The SMILES string of the molecule is CC.Cc1cc(-c2ccc(C3COC(c4c(C)cccc4C)=N3)cc2)cc(C)c1C. The molecule has 1 aliphatic rings. The third-order valence-corrected chi connectivity index (χ3v) is 5.90. The van der Waals surface area contributed by atoms with E-state index in [0.29, 0.717) is 6.61 Å². The molecule has 0 N–H and O–H groups in total. The van der Waals surface area contributed by atoms with Crippen LogP contribution in [0.15, 0.2) is 59.6 Å². The van der Waals surface area contributed by atoms with E-state index in [-0.39, 0.29) is 6.04 Å². The van der Waals surface area contributed by atoms with Crippen LogP contribution in [0.3, 0.4) is 0 Å². The Balaban J connectivity index is 0.00000124. The van der Waals surface area contributed by atoms with Gasteiger partial charge in [-0.05, 0) is 79.1 Å². The molecule has 1 unspecified atom stereocenters. The number of aryl methyl sites for hydroxylation is 4. The molecule has 1 atom stereocenters. The first-order valence-electron chi connectivity index (χ1n) is 10.9. The minimum Gasteiger partial charge on any atom is -0.475 e. The molecule has 0 fully saturated rings. The number of rotatable bonds is 3. The first-order chi connectivity index (χ1) is 14.4. The lowest BCUT2D eigenvalue weighted by molar-refractivity contribution is 0.319. The lowest BCUT2D eigenvalue weighted by Crippen LogP contribution is -2.05. The molecule has 3 aromatic rings. The molecule has 0 spiro atoms. The Labute approximate surface area is 181 Å². The molecule has 3 aromatic carbocycles. The molecule has 1 heterocycles. The highest BCUT2D eigenvalue weighted by Gasteiger charge is 2.23. The van der Waals surface area contributed by atoms with Gasteiger partial charge in [0.15, 0.2) is 0 Å². The Morgan fingerprint density at radius 2 is 1.30 bits per heavy atom. The fourth-order valence-corrected chi connectivity index (χ4v) is 3.93. The van der Waals surface area contributed by atoms with Gasteiger partial charge in [0.05, 0.1) is 0 Å². The average molecular weight is 400 g/mol. The lowest BCUT2D eigenvalue weighted by atomic mass is 9.95. The fraction of sp³-hybridized carbons (Fsp3) is 0.321. The second-order valence-corrected chi connectivity index (χ2v) is 7.88. The summed E-state index contributed by atoms with van der Waals surface area (Å²) in [5, 5.41) is 0. The fourth-order valence-electron chi connectivity index (χ4n) is 3.93. The van der Waals surface area contributed by atoms with E-state index in [0.717, 1.165) is 11.5 Å². The molecule has 0 saturated heterocycles. The largest absolute Gasteiger partial charge is 0.475 e. The average Bonchev–Trinajstić information content (AvgIpc) is 3.23. The summed E-state index contributed by atoms with van der Waals surface area (Å²) in [6.45, 7) is 15.4. The smallest absolute Gasteiger partial charge is 0.217 e. The Morgan fingerprint density at radius 3 is 1.87 bits per heavy atom.